The van der Waals surface area contributed by atoms with E-state index in [0.717, 1.165) is 0 Å². The third-order valence-electron chi connectivity index (χ3n) is 4.71. The first-order valence-corrected chi connectivity index (χ1v) is 8.99. The van der Waals surface area contributed by atoms with E-state index in [4.69, 9.17) is 14.2 Å². The third-order valence-corrected chi connectivity index (χ3v) is 4.71. The molecule has 2 aromatic carbocycles. The number of esters is 1. The summed E-state index contributed by atoms with van der Waals surface area (Å²) in [5.74, 6) is -0.950. The first-order valence-electron chi connectivity index (χ1n) is 8.99. The molecule has 0 aromatic heterocycles. The van der Waals surface area contributed by atoms with Gasteiger partial charge in [0.05, 0.1) is 44.4 Å². The molecule has 0 saturated heterocycles. The first-order chi connectivity index (χ1) is 14.0. The smallest absolute Gasteiger partial charge is 0.339 e. The zero-order chi connectivity index (χ0) is 21.0. The number of methoxy groups -OCH3 is 3. The summed E-state index contributed by atoms with van der Waals surface area (Å²) >= 11 is 0. The summed E-state index contributed by atoms with van der Waals surface area (Å²) in [6.07, 6.45) is 0.436. The number of ether oxygens (including phenoxy) is 3. The van der Waals surface area contributed by atoms with Gasteiger partial charge in [-0.1, -0.05) is 12.1 Å². The number of amides is 2. The van der Waals surface area contributed by atoms with Crippen molar-refractivity contribution in [3.63, 3.8) is 0 Å². The second-order valence-corrected chi connectivity index (χ2v) is 6.53. The van der Waals surface area contributed by atoms with E-state index in [1.165, 1.54) is 21.3 Å². The van der Waals surface area contributed by atoms with Crippen LogP contribution in [-0.2, 0) is 14.3 Å². The van der Waals surface area contributed by atoms with Crippen LogP contribution in [0.25, 0.3) is 0 Å². The maximum absolute atomic E-state index is 12.5. The van der Waals surface area contributed by atoms with Crippen molar-refractivity contribution in [2.45, 2.75) is 6.42 Å². The summed E-state index contributed by atoms with van der Waals surface area (Å²) in [6, 6.07) is 11.6. The molecule has 1 saturated carbocycles. The number of para-hydroxylation sites is 1. The first kappa shape index (κ1) is 20.2. The molecule has 2 aromatic rings. The molecule has 0 radical (unpaired) electrons. The Morgan fingerprint density at radius 3 is 2.17 bits per heavy atom. The summed E-state index contributed by atoms with van der Waals surface area (Å²) in [4.78, 5) is 36.8. The van der Waals surface area contributed by atoms with Gasteiger partial charge < -0.3 is 24.8 Å². The highest BCUT2D eigenvalue weighted by Crippen LogP contribution is 2.41. The van der Waals surface area contributed by atoms with Crippen molar-refractivity contribution < 1.29 is 28.6 Å². The van der Waals surface area contributed by atoms with Crippen LogP contribution in [-0.4, -0.2) is 39.1 Å². The summed E-state index contributed by atoms with van der Waals surface area (Å²) in [5, 5.41) is 5.50. The Hall–Kier alpha value is -3.55. The fourth-order valence-electron chi connectivity index (χ4n) is 3.03. The minimum Gasteiger partial charge on any atom is -0.493 e. The standard InChI is InChI=1S/C21H22N2O6/c1-27-17-9-8-12(10-18(17)28-2)22-19(24)14-11-15(14)20(25)23-16-7-5-4-6-13(16)21(26)29-3/h4-10,14-15H,11H2,1-3H3,(H,22,24)(H,23,25). The summed E-state index contributed by atoms with van der Waals surface area (Å²) in [7, 11) is 4.31. The molecule has 29 heavy (non-hydrogen) atoms. The Morgan fingerprint density at radius 2 is 1.52 bits per heavy atom. The molecule has 8 heteroatoms. The molecule has 1 aliphatic carbocycles. The highest BCUT2D eigenvalue weighted by molar-refractivity contribution is 6.06. The Bertz CT molecular complexity index is 943. The van der Waals surface area contributed by atoms with E-state index in [-0.39, 0.29) is 17.4 Å². The Morgan fingerprint density at radius 1 is 0.862 bits per heavy atom. The zero-order valence-electron chi connectivity index (χ0n) is 16.4. The molecule has 0 aliphatic heterocycles. The van der Waals surface area contributed by atoms with Crippen LogP contribution >= 0.6 is 0 Å². The lowest BCUT2D eigenvalue weighted by Gasteiger charge is -2.11. The lowest BCUT2D eigenvalue weighted by Crippen LogP contribution is -2.21. The van der Waals surface area contributed by atoms with Gasteiger partial charge in [0.2, 0.25) is 11.8 Å². The quantitative estimate of drug-likeness (QED) is 0.695. The zero-order valence-corrected chi connectivity index (χ0v) is 16.4. The molecule has 0 heterocycles. The second kappa shape index (κ2) is 8.64. The Kier molecular flexibility index (Phi) is 6.01. The normalized spacial score (nSPS) is 17.1. The topological polar surface area (TPSA) is 103 Å². The van der Waals surface area contributed by atoms with E-state index in [1.807, 2.05) is 0 Å². The number of nitrogens with one attached hydrogen (secondary N) is 2. The van der Waals surface area contributed by atoms with Crippen molar-refractivity contribution >= 4 is 29.2 Å². The number of rotatable bonds is 7. The maximum Gasteiger partial charge on any atom is 0.339 e. The minimum absolute atomic E-state index is 0.251. The van der Waals surface area contributed by atoms with E-state index >= 15 is 0 Å². The Labute approximate surface area is 168 Å². The van der Waals surface area contributed by atoms with Crippen LogP contribution in [0.15, 0.2) is 42.5 Å². The van der Waals surface area contributed by atoms with Crippen molar-refractivity contribution in [2.75, 3.05) is 32.0 Å². The van der Waals surface area contributed by atoms with Crippen LogP contribution < -0.4 is 20.1 Å². The average Bonchev–Trinajstić information content (AvgIpc) is 3.54. The molecule has 8 nitrogen and oxygen atoms in total. The number of hydrogen-bond donors (Lipinski definition) is 2. The molecule has 2 unspecified atom stereocenters. The van der Waals surface area contributed by atoms with Gasteiger partial charge in [0.25, 0.3) is 0 Å². The van der Waals surface area contributed by atoms with E-state index in [9.17, 15) is 14.4 Å². The number of hydrogen-bond acceptors (Lipinski definition) is 6. The van der Waals surface area contributed by atoms with E-state index in [2.05, 4.69) is 10.6 Å². The molecular weight excluding hydrogens is 376 g/mol. The predicted octanol–water partition coefficient (Wildman–Crippen LogP) is 2.70. The van der Waals surface area contributed by atoms with Gasteiger partial charge in [0.1, 0.15) is 0 Å². The number of carbonyl (C=O) groups excluding carboxylic acids is 3. The van der Waals surface area contributed by atoms with Gasteiger partial charge in [-0.2, -0.15) is 0 Å². The van der Waals surface area contributed by atoms with Crippen molar-refractivity contribution in [1.29, 1.82) is 0 Å². The maximum atomic E-state index is 12.5. The molecule has 3 rings (SSSR count). The van der Waals surface area contributed by atoms with Gasteiger partial charge in [-0.05, 0) is 30.7 Å². The predicted molar refractivity (Wildman–Crippen MR) is 106 cm³/mol. The number of anilines is 2. The Balaban J connectivity index is 1.62. The fraction of sp³-hybridized carbons (Fsp3) is 0.286. The van der Waals surface area contributed by atoms with Gasteiger partial charge >= 0.3 is 5.97 Å². The van der Waals surface area contributed by atoms with Gasteiger partial charge in [-0.15, -0.1) is 0 Å². The molecule has 1 aliphatic rings. The van der Waals surface area contributed by atoms with Crippen molar-refractivity contribution in [2.24, 2.45) is 11.8 Å². The summed E-state index contributed by atoms with van der Waals surface area (Å²) < 4.78 is 15.1. The lowest BCUT2D eigenvalue weighted by molar-refractivity contribution is -0.122. The molecule has 2 atom stereocenters. The average molecular weight is 398 g/mol. The summed E-state index contributed by atoms with van der Waals surface area (Å²) in [5.41, 5.74) is 1.17. The number of carbonyl (C=O) groups is 3. The SMILES string of the molecule is COC(=O)c1ccccc1NC(=O)C1CC1C(=O)Nc1ccc(OC)c(OC)c1. The van der Waals surface area contributed by atoms with E-state index in [1.54, 1.807) is 42.5 Å². The van der Waals surface area contributed by atoms with Crippen LogP contribution in [0.3, 0.4) is 0 Å². The van der Waals surface area contributed by atoms with Crippen molar-refractivity contribution in [3.8, 4) is 11.5 Å². The van der Waals surface area contributed by atoms with Crippen LogP contribution in [0, 0.1) is 11.8 Å². The fourth-order valence-corrected chi connectivity index (χ4v) is 3.03. The molecule has 152 valence electrons. The van der Waals surface area contributed by atoms with Crippen molar-refractivity contribution in [1.82, 2.24) is 0 Å². The number of benzene rings is 2. The molecule has 2 N–H and O–H groups in total. The third kappa shape index (κ3) is 4.48. The molecule has 0 bridgehead atoms. The monoisotopic (exact) mass is 398 g/mol. The van der Waals surface area contributed by atoms with Gasteiger partial charge in [0, 0.05) is 11.8 Å². The van der Waals surface area contributed by atoms with E-state index in [0.29, 0.717) is 29.3 Å². The highest BCUT2D eigenvalue weighted by Gasteiger charge is 2.48. The van der Waals surface area contributed by atoms with Crippen LogP contribution in [0.5, 0.6) is 11.5 Å². The van der Waals surface area contributed by atoms with E-state index < -0.39 is 17.8 Å². The van der Waals surface area contributed by atoms with Crippen LogP contribution in [0.2, 0.25) is 0 Å². The summed E-state index contributed by atoms with van der Waals surface area (Å²) in [6.45, 7) is 0. The minimum atomic E-state index is -0.542. The second-order valence-electron chi connectivity index (χ2n) is 6.53. The molecule has 1 fully saturated rings. The van der Waals surface area contributed by atoms with Gasteiger partial charge in [-0.3, -0.25) is 9.59 Å². The molecular formula is C21H22N2O6. The largest absolute Gasteiger partial charge is 0.493 e. The lowest BCUT2D eigenvalue weighted by atomic mass is 10.1. The van der Waals surface area contributed by atoms with Crippen LogP contribution in [0.4, 0.5) is 11.4 Å². The molecule has 0 spiro atoms. The van der Waals surface area contributed by atoms with Gasteiger partial charge in [-0.25, -0.2) is 4.79 Å². The van der Waals surface area contributed by atoms with Gasteiger partial charge in [0.15, 0.2) is 11.5 Å². The van der Waals surface area contributed by atoms with Crippen LogP contribution in [0.1, 0.15) is 16.8 Å². The highest BCUT2D eigenvalue weighted by atomic mass is 16.5. The molecule has 2 amide bonds. The van der Waals surface area contributed by atoms with Crippen molar-refractivity contribution in [3.05, 3.63) is 48.0 Å².